The lowest BCUT2D eigenvalue weighted by atomic mass is 10.0. The van der Waals surface area contributed by atoms with E-state index in [1.165, 1.54) is 6.92 Å². The first-order chi connectivity index (χ1) is 9.01. The summed E-state index contributed by atoms with van der Waals surface area (Å²) >= 11 is 0. The molecule has 0 aromatic rings. The van der Waals surface area contributed by atoms with Gasteiger partial charge in [0, 0.05) is 32.2 Å². The van der Waals surface area contributed by atoms with Crippen LogP contribution < -0.4 is 0 Å². The van der Waals surface area contributed by atoms with Gasteiger partial charge >= 0.3 is 0 Å². The van der Waals surface area contributed by atoms with Gasteiger partial charge in [0.25, 0.3) is 0 Å². The lowest BCUT2D eigenvalue weighted by molar-refractivity contribution is -0.118. The Morgan fingerprint density at radius 3 is 2.53 bits per heavy atom. The number of nitrogens with zero attached hydrogens (tertiary/aromatic N) is 1. The molecule has 0 aromatic heterocycles. The number of ketones is 1. The van der Waals surface area contributed by atoms with Gasteiger partial charge in [0.05, 0.1) is 5.25 Å². The van der Waals surface area contributed by atoms with Gasteiger partial charge in [-0.15, -0.1) is 0 Å². The van der Waals surface area contributed by atoms with E-state index in [9.17, 15) is 13.2 Å². The average molecular weight is 289 g/mol. The Balaban J connectivity index is 2.13. The molecule has 1 unspecified atom stereocenters. The van der Waals surface area contributed by atoms with Gasteiger partial charge in [-0.05, 0) is 32.6 Å². The van der Waals surface area contributed by atoms with Crippen LogP contribution in [0, 0.1) is 0 Å². The zero-order valence-electron chi connectivity index (χ0n) is 11.5. The van der Waals surface area contributed by atoms with Crippen molar-refractivity contribution in [3.05, 3.63) is 0 Å². The van der Waals surface area contributed by atoms with Gasteiger partial charge in [-0.1, -0.05) is 6.42 Å². The predicted octanol–water partition coefficient (Wildman–Crippen LogP) is 1.33. The molecule has 0 N–H and O–H groups in total. The Morgan fingerprint density at radius 2 is 1.89 bits per heavy atom. The van der Waals surface area contributed by atoms with E-state index >= 15 is 0 Å². The largest absolute Gasteiger partial charge is 0.381 e. The summed E-state index contributed by atoms with van der Waals surface area (Å²) in [5, 5.41) is -0.325. The molecule has 19 heavy (non-hydrogen) atoms. The summed E-state index contributed by atoms with van der Waals surface area (Å²) in [5.41, 5.74) is 0. The van der Waals surface area contributed by atoms with Crippen LogP contribution in [0.4, 0.5) is 0 Å². The van der Waals surface area contributed by atoms with Gasteiger partial charge in [0.15, 0.2) is 0 Å². The molecule has 5 nitrogen and oxygen atoms in total. The van der Waals surface area contributed by atoms with Crippen molar-refractivity contribution in [2.45, 2.75) is 56.7 Å². The predicted molar refractivity (Wildman–Crippen MR) is 72.4 cm³/mol. The maximum Gasteiger partial charge on any atom is 0.217 e. The van der Waals surface area contributed by atoms with Crippen molar-refractivity contribution in [1.82, 2.24) is 4.31 Å². The molecule has 2 fully saturated rings. The molecule has 6 heteroatoms. The molecule has 1 atom stereocenters. The van der Waals surface area contributed by atoms with Crippen molar-refractivity contribution in [2.75, 3.05) is 19.8 Å². The third kappa shape index (κ3) is 3.55. The Labute approximate surface area is 115 Å². The highest BCUT2D eigenvalue weighted by Crippen LogP contribution is 2.28. The molecule has 2 aliphatic heterocycles. The highest BCUT2D eigenvalue weighted by molar-refractivity contribution is 7.89. The van der Waals surface area contributed by atoms with Crippen LogP contribution >= 0.6 is 0 Å². The standard InChI is InChI=1S/C13H23NO4S/c1-11(15)10-12-4-2-3-7-14(12)19(16,17)13-5-8-18-9-6-13/h12-13H,2-10H2,1H3. The molecule has 0 aromatic carbocycles. The first-order valence-corrected chi connectivity index (χ1v) is 8.60. The van der Waals surface area contributed by atoms with Gasteiger partial charge in [-0.25, -0.2) is 8.42 Å². The van der Waals surface area contributed by atoms with Gasteiger partial charge in [-0.2, -0.15) is 4.31 Å². The van der Waals surface area contributed by atoms with Crippen molar-refractivity contribution >= 4 is 15.8 Å². The monoisotopic (exact) mass is 289 g/mol. The first kappa shape index (κ1) is 14.9. The third-order valence-corrected chi connectivity index (χ3v) is 6.46. The Hall–Kier alpha value is -0.460. The zero-order valence-corrected chi connectivity index (χ0v) is 12.3. The second-order valence-corrected chi connectivity index (χ2v) is 7.69. The number of carbonyl (C=O) groups is 1. The van der Waals surface area contributed by atoms with Crippen LogP contribution in [0.25, 0.3) is 0 Å². The summed E-state index contributed by atoms with van der Waals surface area (Å²) in [6.45, 7) is 3.15. The van der Waals surface area contributed by atoms with Gasteiger partial charge in [0.2, 0.25) is 10.0 Å². The van der Waals surface area contributed by atoms with E-state index < -0.39 is 10.0 Å². The van der Waals surface area contributed by atoms with Crippen molar-refractivity contribution < 1.29 is 17.9 Å². The molecular weight excluding hydrogens is 266 g/mol. The molecule has 2 rings (SSSR count). The van der Waals surface area contributed by atoms with Crippen molar-refractivity contribution in [1.29, 1.82) is 0 Å². The number of hydrogen-bond acceptors (Lipinski definition) is 4. The number of hydrogen-bond donors (Lipinski definition) is 0. The maximum atomic E-state index is 12.7. The number of sulfonamides is 1. The highest BCUT2D eigenvalue weighted by Gasteiger charge is 2.38. The quantitative estimate of drug-likeness (QED) is 0.783. The minimum Gasteiger partial charge on any atom is -0.381 e. The maximum absolute atomic E-state index is 12.7. The third-order valence-electron chi connectivity index (χ3n) is 4.01. The van der Waals surface area contributed by atoms with Gasteiger partial charge < -0.3 is 4.74 Å². The molecule has 110 valence electrons. The number of rotatable bonds is 4. The van der Waals surface area contributed by atoms with Crippen molar-refractivity contribution in [3.8, 4) is 0 Å². The van der Waals surface area contributed by atoms with Crippen LogP contribution in [0.1, 0.15) is 45.4 Å². The Bertz CT molecular complexity index is 414. The summed E-state index contributed by atoms with van der Waals surface area (Å²) in [6.07, 6.45) is 4.22. The van der Waals surface area contributed by atoms with E-state index in [2.05, 4.69) is 0 Å². The zero-order chi connectivity index (χ0) is 13.9. The molecule has 0 bridgehead atoms. The minimum atomic E-state index is -3.28. The lowest BCUT2D eigenvalue weighted by Crippen LogP contribution is -2.49. The van der Waals surface area contributed by atoms with E-state index in [4.69, 9.17) is 4.74 Å². The van der Waals surface area contributed by atoms with Crippen molar-refractivity contribution in [2.24, 2.45) is 0 Å². The van der Waals surface area contributed by atoms with Crippen LogP contribution in [0.5, 0.6) is 0 Å². The molecular formula is C13H23NO4S. The number of piperidine rings is 1. The fourth-order valence-electron chi connectivity index (χ4n) is 3.01. The van der Waals surface area contributed by atoms with E-state index in [0.29, 0.717) is 39.0 Å². The Kier molecular flexibility index (Phi) is 4.97. The molecule has 2 saturated heterocycles. The lowest BCUT2D eigenvalue weighted by Gasteiger charge is -2.37. The molecule has 0 radical (unpaired) electrons. The van der Waals surface area contributed by atoms with E-state index in [0.717, 1.165) is 19.3 Å². The Morgan fingerprint density at radius 1 is 1.21 bits per heavy atom. The molecule has 0 spiro atoms. The topological polar surface area (TPSA) is 63.7 Å². The molecule has 0 aliphatic carbocycles. The second-order valence-electron chi connectivity index (χ2n) is 5.52. The van der Waals surface area contributed by atoms with E-state index in [1.54, 1.807) is 4.31 Å². The summed E-state index contributed by atoms with van der Waals surface area (Å²) in [5.74, 6) is 0.0686. The molecule has 0 amide bonds. The fraction of sp³-hybridized carbons (Fsp3) is 0.923. The SMILES string of the molecule is CC(=O)CC1CCCCN1S(=O)(=O)C1CCOCC1. The second kappa shape index (κ2) is 6.33. The van der Waals surface area contributed by atoms with Gasteiger partial charge in [0.1, 0.15) is 5.78 Å². The summed E-state index contributed by atoms with van der Waals surface area (Å²) < 4.78 is 32.2. The summed E-state index contributed by atoms with van der Waals surface area (Å²) in [6, 6.07) is -0.126. The summed E-state index contributed by atoms with van der Waals surface area (Å²) in [7, 11) is -3.28. The minimum absolute atomic E-state index is 0.0686. The van der Waals surface area contributed by atoms with Crippen LogP contribution in [0.15, 0.2) is 0 Å². The van der Waals surface area contributed by atoms with Crippen LogP contribution in [0.2, 0.25) is 0 Å². The number of ether oxygens (including phenoxy) is 1. The highest BCUT2D eigenvalue weighted by atomic mass is 32.2. The number of Topliss-reactive ketones (excluding diaryl/α,β-unsaturated/α-hetero) is 1. The van der Waals surface area contributed by atoms with Crippen molar-refractivity contribution in [3.63, 3.8) is 0 Å². The molecule has 2 heterocycles. The van der Waals surface area contributed by atoms with Crippen LogP contribution in [-0.4, -0.2) is 49.6 Å². The number of carbonyl (C=O) groups excluding carboxylic acids is 1. The molecule has 0 saturated carbocycles. The van der Waals surface area contributed by atoms with E-state index in [-0.39, 0.29) is 17.1 Å². The van der Waals surface area contributed by atoms with Crippen LogP contribution in [0.3, 0.4) is 0 Å². The van der Waals surface area contributed by atoms with Gasteiger partial charge in [-0.3, -0.25) is 4.79 Å². The van der Waals surface area contributed by atoms with E-state index in [1.807, 2.05) is 0 Å². The fourth-order valence-corrected chi connectivity index (χ4v) is 5.16. The average Bonchev–Trinajstić information content (AvgIpc) is 2.39. The van der Waals surface area contributed by atoms with Crippen LogP contribution in [-0.2, 0) is 19.6 Å². The normalized spacial score (nSPS) is 27.3. The molecule has 2 aliphatic rings. The smallest absolute Gasteiger partial charge is 0.217 e. The first-order valence-electron chi connectivity index (χ1n) is 7.09. The summed E-state index contributed by atoms with van der Waals surface area (Å²) in [4.78, 5) is 11.3.